The molecule has 0 amide bonds. The van der Waals surface area contributed by atoms with Gasteiger partial charge in [0.15, 0.2) is 0 Å². The first-order chi connectivity index (χ1) is 9.61. The SMILES string of the molecule is CCc1ccc(CO)cc1S(=O)(=O)N(C)CCC(F)(F)F. The predicted octanol–water partition coefficient (Wildman–Crippen LogP) is 2.31. The molecule has 0 radical (unpaired) electrons. The molecule has 0 bridgehead atoms. The number of nitrogens with zero attached hydrogens (tertiary/aromatic N) is 1. The molecule has 1 N–H and O–H groups in total. The molecule has 0 unspecified atom stereocenters. The Labute approximate surface area is 122 Å². The van der Waals surface area contributed by atoms with Crippen molar-refractivity contribution in [2.75, 3.05) is 13.6 Å². The summed E-state index contributed by atoms with van der Waals surface area (Å²) < 4.78 is 62.1. The second kappa shape index (κ2) is 6.76. The van der Waals surface area contributed by atoms with E-state index in [1.165, 1.54) is 6.07 Å². The van der Waals surface area contributed by atoms with E-state index in [1.807, 2.05) is 0 Å². The first-order valence-electron chi connectivity index (χ1n) is 6.37. The van der Waals surface area contributed by atoms with Crippen LogP contribution in [0.15, 0.2) is 23.1 Å². The second-order valence-corrected chi connectivity index (χ2v) is 6.66. The van der Waals surface area contributed by atoms with Crippen molar-refractivity contribution in [1.29, 1.82) is 0 Å². The fourth-order valence-corrected chi connectivity index (χ4v) is 3.31. The van der Waals surface area contributed by atoms with Gasteiger partial charge in [0, 0.05) is 13.6 Å². The van der Waals surface area contributed by atoms with Crippen molar-refractivity contribution in [3.8, 4) is 0 Å². The first-order valence-corrected chi connectivity index (χ1v) is 7.81. The highest BCUT2D eigenvalue weighted by Gasteiger charge is 2.31. The molecule has 120 valence electrons. The molecule has 0 fully saturated rings. The lowest BCUT2D eigenvalue weighted by Crippen LogP contribution is -2.31. The molecule has 1 aromatic rings. The molecular weight excluding hydrogens is 307 g/mol. The van der Waals surface area contributed by atoms with Crippen LogP contribution >= 0.6 is 0 Å². The summed E-state index contributed by atoms with van der Waals surface area (Å²) >= 11 is 0. The zero-order chi connectivity index (χ0) is 16.3. The van der Waals surface area contributed by atoms with E-state index in [4.69, 9.17) is 5.11 Å². The van der Waals surface area contributed by atoms with E-state index in [9.17, 15) is 21.6 Å². The third-order valence-electron chi connectivity index (χ3n) is 3.09. The minimum atomic E-state index is -4.41. The molecule has 0 aliphatic carbocycles. The fourth-order valence-electron chi connectivity index (χ4n) is 1.80. The Morgan fingerprint density at radius 2 is 1.90 bits per heavy atom. The molecule has 1 rings (SSSR count). The van der Waals surface area contributed by atoms with E-state index in [1.54, 1.807) is 19.1 Å². The van der Waals surface area contributed by atoms with Gasteiger partial charge < -0.3 is 5.11 Å². The summed E-state index contributed by atoms with van der Waals surface area (Å²) in [4.78, 5) is -0.0544. The highest BCUT2D eigenvalue weighted by molar-refractivity contribution is 7.89. The summed E-state index contributed by atoms with van der Waals surface area (Å²) in [5.74, 6) is 0. The van der Waals surface area contributed by atoms with Crippen molar-refractivity contribution in [2.24, 2.45) is 0 Å². The first kappa shape index (κ1) is 17.9. The summed E-state index contributed by atoms with van der Waals surface area (Å²) in [6.45, 7) is 0.778. The van der Waals surface area contributed by atoms with Gasteiger partial charge in [0.2, 0.25) is 10.0 Å². The molecule has 4 nitrogen and oxygen atoms in total. The van der Waals surface area contributed by atoms with Gasteiger partial charge in [-0.1, -0.05) is 19.1 Å². The maximum Gasteiger partial charge on any atom is 0.390 e. The van der Waals surface area contributed by atoms with Crippen molar-refractivity contribution in [2.45, 2.75) is 37.4 Å². The number of benzene rings is 1. The predicted molar refractivity (Wildman–Crippen MR) is 72.2 cm³/mol. The zero-order valence-electron chi connectivity index (χ0n) is 11.8. The van der Waals surface area contributed by atoms with Crippen molar-refractivity contribution in [3.05, 3.63) is 29.3 Å². The summed E-state index contributed by atoms with van der Waals surface area (Å²) in [6.07, 6.45) is -5.19. The minimum absolute atomic E-state index is 0.0544. The van der Waals surface area contributed by atoms with Gasteiger partial charge in [-0.2, -0.15) is 13.2 Å². The molecule has 0 saturated heterocycles. The Hall–Kier alpha value is -1.12. The van der Waals surface area contributed by atoms with Crippen LogP contribution in [0.2, 0.25) is 0 Å². The van der Waals surface area contributed by atoms with E-state index in [0.717, 1.165) is 7.05 Å². The van der Waals surface area contributed by atoms with Crippen molar-refractivity contribution >= 4 is 10.0 Å². The number of hydrogen-bond acceptors (Lipinski definition) is 3. The maximum atomic E-state index is 12.4. The summed E-state index contributed by atoms with van der Waals surface area (Å²) in [7, 11) is -2.90. The third-order valence-corrected chi connectivity index (χ3v) is 5.03. The normalized spacial score (nSPS) is 12.9. The van der Waals surface area contributed by atoms with Gasteiger partial charge in [-0.05, 0) is 23.6 Å². The highest BCUT2D eigenvalue weighted by atomic mass is 32.2. The van der Waals surface area contributed by atoms with Crippen LogP contribution in [0.4, 0.5) is 13.2 Å². The Bertz CT molecular complexity index is 585. The topological polar surface area (TPSA) is 57.6 Å². The van der Waals surface area contributed by atoms with E-state index in [-0.39, 0.29) is 11.5 Å². The van der Waals surface area contributed by atoms with E-state index < -0.39 is 29.2 Å². The minimum Gasteiger partial charge on any atom is -0.392 e. The molecule has 21 heavy (non-hydrogen) atoms. The summed E-state index contributed by atoms with van der Waals surface area (Å²) in [6, 6.07) is 4.46. The lowest BCUT2D eigenvalue weighted by molar-refractivity contribution is -0.135. The molecule has 1 aromatic carbocycles. The van der Waals surface area contributed by atoms with E-state index in [2.05, 4.69) is 0 Å². The number of hydrogen-bond donors (Lipinski definition) is 1. The van der Waals surface area contributed by atoms with Crippen LogP contribution in [0.3, 0.4) is 0 Å². The molecule has 0 aliphatic rings. The van der Waals surface area contributed by atoms with Crippen LogP contribution in [0.5, 0.6) is 0 Å². The van der Waals surface area contributed by atoms with Crippen molar-refractivity contribution in [3.63, 3.8) is 0 Å². The number of halogens is 3. The van der Waals surface area contributed by atoms with Crippen LogP contribution < -0.4 is 0 Å². The second-order valence-electron chi connectivity index (χ2n) is 4.65. The Morgan fingerprint density at radius 3 is 2.38 bits per heavy atom. The standard InChI is InChI=1S/C13H18F3NO3S/c1-3-11-5-4-10(9-18)8-12(11)21(19,20)17(2)7-6-13(14,15)16/h4-5,8,18H,3,6-7,9H2,1-2H3. The molecule has 0 aromatic heterocycles. The van der Waals surface area contributed by atoms with E-state index >= 15 is 0 Å². The number of rotatable bonds is 6. The fraction of sp³-hybridized carbons (Fsp3) is 0.538. The zero-order valence-corrected chi connectivity index (χ0v) is 12.6. The lowest BCUT2D eigenvalue weighted by Gasteiger charge is -2.20. The largest absolute Gasteiger partial charge is 0.392 e. The quantitative estimate of drug-likeness (QED) is 0.873. The lowest BCUT2D eigenvalue weighted by atomic mass is 10.1. The summed E-state index contributed by atoms with van der Waals surface area (Å²) in [5.41, 5.74) is 0.904. The number of aliphatic hydroxyl groups excluding tert-OH is 1. The Balaban J connectivity index is 3.11. The average Bonchev–Trinajstić information content (AvgIpc) is 2.42. The van der Waals surface area contributed by atoms with Crippen LogP contribution in [0.25, 0.3) is 0 Å². The van der Waals surface area contributed by atoms with Gasteiger partial charge in [0.25, 0.3) is 0 Å². The van der Waals surface area contributed by atoms with Crippen molar-refractivity contribution in [1.82, 2.24) is 4.31 Å². The van der Waals surface area contributed by atoms with Crippen LogP contribution in [0, 0.1) is 0 Å². The van der Waals surface area contributed by atoms with Crippen LogP contribution in [-0.2, 0) is 23.1 Å². The molecule has 8 heteroatoms. The van der Waals surface area contributed by atoms with Gasteiger partial charge in [-0.25, -0.2) is 12.7 Å². The number of aryl methyl sites for hydroxylation is 1. The average molecular weight is 325 g/mol. The van der Waals surface area contributed by atoms with Gasteiger partial charge in [-0.3, -0.25) is 0 Å². The Morgan fingerprint density at radius 1 is 1.29 bits per heavy atom. The van der Waals surface area contributed by atoms with Crippen LogP contribution in [0.1, 0.15) is 24.5 Å². The number of sulfonamides is 1. The maximum absolute atomic E-state index is 12.4. The molecule has 0 spiro atoms. The van der Waals surface area contributed by atoms with Gasteiger partial charge in [-0.15, -0.1) is 0 Å². The molecule has 0 saturated carbocycles. The monoisotopic (exact) mass is 325 g/mol. The molecule has 0 aliphatic heterocycles. The summed E-state index contributed by atoms with van der Waals surface area (Å²) in [5, 5.41) is 9.08. The molecule has 0 heterocycles. The van der Waals surface area contributed by atoms with Crippen LogP contribution in [-0.4, -0.2) is 37.6 Å². The number of aliphatic hydroxyl groups is 1. The Kier molecular flexibility index (Phi) is 5.77. The smallest absolute Gasteiger partial charge is 0.390 e. The number of alkyl halides is 3. The van der Waals surface area contributed by atoms with Gasteiger partial charge in [0.1, 0.15) is 0 Å². The molecule has 0 atom stereocenters. The molecular formula is C13H18F3NO3S. The van der Waals surface area contributed by atoms with Gasteiger partial charge >= 0.3 is 6.18 Å². The van der Waals surface area contributed by atoms with E-state index in [0.29, 0.717) is 21.9 Å². The van der Waals surface area contributed by atoms with Gasteiger partial charge in [0.05, 0.1) is 17.9 Å². The third kappa shape index (κ3) is 4.69. The highest BCUT2D eigenvalue weighted by Crippen LogP contribution is 2.25. The van der Waals surface area contributed by atoms with Crippen molar-refractivity contribution < 1.29 is 26.7 Å².